The van der Waals surface area contributed by atoms with Gasteiger partial charge in [-0.3, -0.25) is 19.8 Å². The number of hydrogen-bond acceptors (Lipinski definition) is 4. The molecule has 24 heavy (non-hydrogen) atoms. The van der Waals surface area contributed by atoms with Crippen molar-refractivity contribution in [1.29, 1.82) is 0 Å². The second-order valence-electron chi connectivity index (χ2n) is 7.74. The monoisotopic (exact) mass is 328 g/mol. The van der Waals surface area contributed by atoms with E-state index in [-0.39, 0.29) is 22.5 Å². The molecular weight excluding hydrogens is 304 g/mol. The van der Waals surface area contributed by atoms with Gasteiger partial charge in [-0.15, -0.1) is 0 Å². The van der Waals surface area contributed by atoms with Gasteiger partial charge in [0.15, 0.2) is 0 Å². The number of benzene rings is 1. The number of ketones is 1. The minimum Gasteiger partial charge on any atom is -0.291 e. The van der Waals surface area contributed by atoms with Crippen LogP contribution in [0.3, 0.4) is 0 Å². The molecule has 3 fully saturated rings. The maximum Gasteiger partial charge on any atom is 0.285 e. The van der Waals surface area contributed by atoms with Crippen molar-refractivity contribution in [3.05, 3.63) is 46.0 Å². The molecule has 2 aliphatic carbocycles. The Hall–Kier alpha value is -1.75. The molecule has 1 heterocycles. The van der Waals surface area contributed by atoms with E-state index in [2.05, 4.69) is 4.90 Å². The Labute approximate surface area is 142 Å². The maximum atomic E-state index is 13.6. The van der Waals surface area contributed by atoms with Crippen molar-refractivity contribution in [3.63, 3.8) is 0 Å². The molecule has 5 nitrogen and oxygen atoms in total. The van der Waals surface area contributed by atoms with Crippen LogP contribution in [0.4, 0.5) is 0 Å². The lowest BCUT2D eigenvalue weighted by molar-refractivity contribution is -0.550. The number of hydrogen-bond donors (Lipinski definition) is 0. The van der Waals surface area contributed by atoms with Gasteiger partial charge in [0.05, 0.1) is 11.5 Å². The summed E-state index contributed by atoms with van der Waals surface area (Å²) in [4.78, 5) is 27.6. The van der Waals surface area contributed by atoms with Crippen LogP contribution in [-0.2, 0) is 4.79 Å². The summed E-state index contributed by atoms with van der Waals surface area (Å²) in [6.07, 6.45) is 4.86. The number of carbonyl (C=O) groups is 1. The number of carbonyl (C=O) groups excluding carboxylic acids is 1. The summed E-state index contributed by atoms with van der Waals surface area (Å²) in [6, 6.07) is 9.68. The zero-order valence-electron chi connectivity index (χ0n) is 14.1. The zero-order chi connectivity index (χ0) is 16.9. The SMILES string of the molecule is C[C@]1([N+](=O)[O-])C(=O)[C@@]2(N3CCCC3)CCC[C@H]2[C@H]1c1ccccc1. The Morgan fingerprint density at radius 2 is 1.83 bits per heavy atom. The van der Waals surface area contributed by atoms with E-state index in [1.165, 1.54) is 0 Å². The van der Waals surface area contributed by atoms with Crippen LogP contribution >= 0.6 is 0 Å². The number of likely N-dealkylation sites (tertiary alicyclic amines) is 1. The highest BCUT2D eigenvalue weighted by Gasteiger charge is 2.75. The van der Waals surface area contributed by atoms with Crippen molar-refractivity contribution in [2.24, 2.45) is 5.92 Å². The molecule has 1 aromatic rings. The van der Waals surface area contributed by atoms with Gasteiger partial charge in [-0.05, 0) is 50.3 Å². The summed E-state index contributed by atoms with van der Waals surface area (Å²) in [7, 11) is 0. The largest absolute Gasteiger partial charge is 0.291 e. The summed E-state index contributed by atoms with van der Waals surface area (Å²) < 4.78 is 0. The number of nitro groups is 1. The van der Waals surface area contributed by atoms with Crippen molar-refractivity contribution < 1.29 is 9.72 Å². The molecule has 0 spiro atoms. The minimum atomic E-state index is -1.52. The van der Waals surface area contributed by atoms with E-state index in [1.54, 1.807) is 6.92 Å². The molecule has 2 saturated carbocycles. The summed E-state index contributed by atoms with van der Waals surface area (Å²) in [5.41, 5.74) is -1.19. The molecule has 0 amide bonds. The highest BCUT2D eigenvalue weighted by atomic mass is 16.6. The Kier molecular flexibility index (Phi) is 3.53. The molecular formula is C19H24N2O3. The summed E-state index contributed by atoms with van der Waals surface area (Å²) in [6.45, 7) is 3.37. The van der Waals surface area contributed by atoms with Crippen molar-refractivity contribution >= 4 is 5.78 Å². The fraction of sp³-hybridized carbons (Fsp3) is 0.632. The van der Waals surface area contributed by atoms with Gasteiger partial charge in [-0.25, -0.2) is 0 Å². The van der Waals surface area contributed by atoms with Crippen molar-refractivity contribution in [2.45, 2.75) is 56.0 Å². The van der Waals surface area contributed by atoms with E-state index in [9.17, 15) is 14.9 Å². The van der Waals surface area contributed by atoms with E-state index in [0.29, 0.717) is 0 Å². The van der Waals surface area contributed by atoms with E-state index in [1.807, 2.05) is 30.3 Å². The molecule has 0 bridgehead atoms. The molecule has 4 rings (SSSR count). The fourth-order valence-corrected chi connectivity index (χ4v) is 5.78. The first-order valence-electron chi connectivity index (χ1n) is 9.02. The summed E-state index contributed by atoms with van der Waals surface area (Å²) >= 11 is 0. The standard InChI is InChI=1S/C19H24N2O3/c1-18(21(23)24)16(14-8-3-2-4-9-14)15-10-7-11-19(15,17(18)22)20-12-5-6-13-20/h2-4,8-9,15-16H,5-7,10-13H2,1H3/t15-,16+,18+,19+/m0/s1. The first kappa shape index (κ1) is 15.8. The Morgan fingerprint density at radius 3 is 2.46 bits per heavy atom. The quantitative estimate of drug-likeness (QED) is 0.632. The Bertz CT molecular complexity index is 670. The Morgan fingerprint density at radius 1 is 1.17 bits per heavy atom. The van der Waals surface area contributed by atoms with Crippen molar-refractivity contribution in [2.75, 3.05) is 13.1 Å². The predicted molar refractivity (Wildman–Crippen MR) is 90.5 cm³/mol. The third kappa shape index (κ3) is 1.82. The topological polar surface area (TPSA) is 63.5 Å². The first-order chi connectivity index (χ1) is 11.5. The predicted octanol–water partition coefficient (Wildman–Crippen LogP) is 3.02. The molecule has 1 saturated heterocycles. The van der Waals surface area contributed by atoms with Gasteiger partial charge < -0.3 is 0 Å². The second kappa shape index (κ2) is 5.38. The molecule has 0 radical (unpaired) electrons. The molecule has 1 aliphatic heterocycles. The lowest BCUT2D eigenvalue weighted by atomic mass is 9.78. The average molecular weight is 328 g/mol. The smallest absolute Gasteiger partial charge is 0.285 e. The van der Waals surface area contributed by atoms with Crippen LogP contribution in [0.5, 0.6) is 0 Å². The van der Waals surface area contributed by atoms with Crippen LogP contribution in [0.2, 0.25) is 0 Å². The molecule has 0 unspecified atom stereocenters. The maximum absolute atomic E-state index is 13.6. The third-order valence-electron chi connectivity index (χ3n) is 6.76. The van der Waals surface area contributed by atoms with E-state index < -0.39 is 11.1 Å². The van der Waals surface area contributed by atoms with Crippen molar-refractivity contribution in [3.8, 4) is 0 Å². The second-order valence-corrected chi connectivity index (χ2v) is 7.74. The van der Waals surface area contributed by atoms with Crippen LogP contribution in [0.25, 0.3) is 0 Å². The van der Waals surface area contributed by atoms with Crippen LogP contribution in [0.15, 0.2) is 30.3 Å². The normalized spacial score (nSPS) is 39.3. The lowest BCUT2D eigenvalue weighted by Crippen LogP contribution is -2.57. The molecule has 0 N–H and O–H groups in total. The van der Waals surface area contributed by atoms with Gasteiger partial charge in [-0.2, -0.15) is 0 Å². The van der Waals surface area contributed by atoms with Gasteiger partial charge >= 0.3 is 0 Å². The third-order valence-corrected chi connectivity index (χ3v) is 6.76. The van der Waals surface area contributed by atoms with Crippen LogP contribution in [-0.4, -0.2) is 39.8 Å². The number of nitrogens with zero attached hydrogens (tertiary/aromatic N) is 2. The molecule has 4 atom stereocenters. The van der Waals surface area contributed by atoms with E-state index in [4.69, 9.17) is 0 Å². The van der Waals surface area contributed by atoms with Gasteiger partial charge in [0.1, 0.15) is 0 Å². The van der Waals surface area contributed by atoms with Gasteiger partial charge in [0, 0.05) is 11.8 Å². The van der Waals surface area contributed by atoms with Crippen molar-refractivity contribution in [1.82, 2.24) is 4.90 Å². The van der Waals surface area contributed by atoms with Crippen LogP contribution < -0.4 is 0 Å². The van der Waals surface area contributed by atoms with Gasteiger partial charge in [0.2, 0.25) is 5.78 Å². The first-order valence-corrected chi connectivity index (χ1v) is 9.02. The van der Waals surface area contributed by atoms with Gasteiger partial charge in [-0.1, -0.05) is 36.8 Å². The summed E-state index contributed by atoms with van der Waals surface area (Å²) in [5.74, 6) is -0.413. The van der Waals surface area contributed by atoms with E-state index >= 15 is 0 Å². The molecule has 0 aromatic heterocycles. The molecule has 5 heteroatoms. The lowest BCUT2D eigenvalue weighted by Gasteiger charge is -2.38. The van der Waals surface area contributed by atoms with Gasteiger partial charge in [0.25, 0.3) is 5.54 Å². The molecule has 1 aromatic carbocycles. The van der Waals surface area contributed by atoms with Crippen LogP contribution in [0, 0.1) is 16.0 Å². The summed E-state index contributed by atoms with van der Waals surface area (Å²) in [5, 5.41) is 12.1. The molecule has 128 valence electrons. The van der Waals surface area contributed by atoms with Crippen LogP contribution in [0.1, 0.15) is 50.5 Å². The minimum absolute atomic E-state index is 0.0564. The molecule has 3 aliphatic rings. The highest BCUT2D eigenvalue weighted by Crippen LogP contribution is 2.60. The zero-order valence-corrected chi connectivity index (χ0v) is 14.1. The average Bonchev–Trinajstić information content (AvgIpc) is 3.27. The Balaban J connectivity index is 1.89. The number of fused-ring (bicyclic) bond motifs is 1. The highest BCUT2D eigenvalue weighted by molar-refractivity contribution is 6.00. The number of Topliss-reactive ketones (excluding diaryl/α,β-unsaturated/α-hetero) is 1. The number of rotatable bonds is 3. The fourth-order valence-electron chi connectivity index (χ4n) is 5.78. The van der Waals surface area contributed by atoms with E-state index in [0.717, 1.165) is 50.8 Å².